The first-order valence-electron chi connectivity index (χ1n) is 7.68. The van der Waals surface area contributed by atoms with Crippen LogP contribution < -0.4 is 19.6 Å². The number of hydrogen-bond acceptors (Lipinski definition) is 5. The second-order valence-electron chi connectivity index (χ2n) is 5.16. The van der Waals surface area contributed by atoms with Gasteiger partial charge in [0.2, 0.25) is 12.7 Å². The molecule has 1 aliphatic heterocycles. The van der Waals surface area contributed by atoms with Gasteiger partial charge in [-0.3, -0.25) is 4.79 Å². The van der Waals surface area contributed by atoms with Crippen molar-refractivity contribution >= 4 is 12.1 Å². The van der Waals surface area contributed by atoms with E-state index in [0.717, 1.165) is 16.9 Å². The Morgan fingerprint density at radius 2 is 2.12 bits per heavy atom. The molecule has 0 aliphatic carbocycles. The number of carbonyl (C=O) groups is 1. The van der Waals surface area contributed by atoms with Gasteiger partial charge in [-0.15, -0.1) is 0 Å². The number of fused-ring (bicyclic) bond motifs is 1. The predicted molar refractivity (Wildman–Crippen MR) is 89.6 cm³/mol. The highest BCUT2D eigenvalue weighted by Gasteiger charge is 2.14. The standard InChI is InChI=1S/C18H18N2O4/c1-2-22-15-5-3-4-14(8-15)11-19-20-18(21)10-13-6-7-16-17(9-13)24-12-23-16/h3-9,11H,2,10,12H2,1H3,(H,20,21)/b19-11-. The number of benzene rings is 2. The first-order chi connectivity index (χ1) is 11.7. The van der Waals surface area contributed by atoms with E-state index in [0.29, 0.717) is 18.1 Å². The number of carbonyl (C=O) groups excluding carboxylic acids is 1. The van der Waals surface area contributed by atoms with E-state index in [-0.39, 0.29) is 19.1 Å². The molecule has 1 heterocycles. The molecule has 0 atom stereocenters. The Morgan fingerprint density at radius 3 is 3.00 bits per heavy atom. The summed E-state index contributed by atoms with van der Waals surface area (Å²) in [6, 6.07) is 12.9. The summed E-state index contributed by atoms with van der Waals surface area (Å²) in [4.78, 5) is 12.0. The summed E-state index contributed by atoms with van der Waals surface area (Å²) < 4.78 is 16.0. The maximum Gasteiger partial charge on any atom is 0.244 e. The van der Waals surface area contributed by atoms with Crippen molar-refractivity contribution in [3.63, 3.8) is 0 Å². The van der Waals surface area contributed by atoms with Gasteiger partial charge in [-0.2, -0.15) is 5.10 Å². The van der Waals surface area contributed by atoms with E-state index in [4.69, 9.17) is 14.2 Å². The molecular formula is C18H18N2O4. The molecule has 0 spiro atoms. The second kappa shape index (κ2) is 7.50. The minimum Gasteiger partial charge on any atom is -0.494 e. The lowest BCUT2D eigenvalue weighted by molar-refractivity contribution is -0.120. The molecule has 0 saturated heterocycles. The molecule has 6 nitrogen and oxygen atoms in total. The highest BCUT2D eigenvalue weighted by molar-refractivity contribution is 5.83. The quantitative estimate of drug-likeness (QED) is 0.654. The third-order valence-electron chi connectivity index (χ3n) is 3.37. The smallest absolute Gasteiger partial charge is 0.244 e. The van der Waals surface area contributed by atoms with E-state index in [1.165, 1.54) is 0 Å². The van der Waals surface area contributed by atoms with E-state index in [9.17, 15) is 4.79 Å². The zero-order valence-electron chi connectivity index (χ0n) is 13.3. The van der Waals surface area contributed by atoms with Crippen LogP contribution in [0.3, 0.4) is 0 Å². The largest absolute Gasteiger partial charge is 0.494 e. The van der Waals surface area contributed by atoms with Crippen LogP contribution in [0.25, 0.3) is 0 Å². The molecule has 3 rings (SSSR count). The Bertz CT molecular complexity index is 758. The number of amides is 1. The monoisotopic (exact) mass is 326 g/mol. The lowest BCUT2D eigenvalue weighted by atomic mass is 10.1. The van der Waals surface area contributed by atoms with Crippen LogP contribution in [0.15, 0.2) is 47.6 Å². The SMILES string of the molecule is CCOc1cccc(/C=N\NC(=O)Cc2ccc3c(c2)OCO3)c1. The maximum absolute atomic E-state index is 12.0. The van der Waals surface area contributed by atoms with Crippen LogP contribution in [0.2, 0.25) is 0 Å². The molecule has 6 heteroatoms. The van der Waals surface area contributed by atoms with E-state index >= 15 is 0 Å². The van der Waals surface area contributed by atoms with Gasteiger partial charge in [0, 0.05) is 0 Å². The van der Waals surface area contributed by atoms with Gasteiger partial charge in [0.25, 0.3) is 0 Å². The Kier molecular flexibility index (Phi) is 4.96. The zero-order chi connectivity index (χ0) is 16.8. The molecule has 0 unspecified atom stereocenters. The fourth-order valence-corrected chi connectivity index (χ4v) is 2.31. The van der Waals surface area contributed by atoms with Crippen LogP contribution in [-0.4, -0.2) is 25.5 Å². The van der Waals surface area contributed by atoms with E-state index in [2.05, 4.69) is 10.5 Å². The third-order valence-corrected chi connectivity index (χ3v) is 3.37. The van der Waals surface area contributed by atoms with Crippen molar-refractivity contribution in [3.05, 3.63) is 53.6 Å². The van der Waals surface area contributed by atoms with Crippen molar-refractivity contribution in [2.24, 2.45) is 5.10 Å². The molecule has 0 saturated carbocycles. The van der Waals surface area contributed by atoms with Gasteiger partial charge >= 0.3 is 0 Å². The van der Waals surface area contributed by atoms with E-state index < -0.39 is 0 Å². The van der Waals surface area contributed by atoms with Gasteiger partial charge in [0.1, 0.15) is 5.75 Å². The number of hydrazone groups is 1. The van der Waals surface area contributed by atoms with Crippen molar-refractivity contribution in [1.29, 1.82) is 0 Å². The minimum absolute atomic E-state index is 0.203. The molecule has 1 amide bonds. The zero-order valence-corrected chi connectivity index (χ0v) is 13.3. The highest BCUT2D eigenvalue weighted by Crippen LogP contribution is 2.32. The van der Waals surface area contributed by atoms with Crippen LogP contribution in [0.5, 0.6) is 17.2 Å². The fraction of sp³-hybridized carbons (Fsp3) is 0.222. The second-order valence-corrected chi connectivity index (χ2v) is 5.16. The van der Waals surface area contributed by atoms with Crippen LogP contribution in [0.1, 0.15) is 18.1 Å². The summed E-state index contributed by atoms with van der Waals surface area (Å²) in [7, 11) is 0. The Balaban J connectivity index is 1.54. The molecule has 2 aromatic rings. The Hall–Kier alpha value is -3.02. The van der Waals surface area contributed by atoms with Crippen LogP contribution in [0, 0.1) is 0 Å². The predicted octanol–water partition coefficient (Wildman–Crippen LogP) is 2.51. The van der Waals surface area contributed by atoms with Crippen molar-refractivity contribution in [3.8, 4) is 17.2 Å². The molecule has 0 bridgehead atoms. The maximum atomic E-state index is 12.0. The number of ether oxygens (including phenoxy) is 3. The molecular weight excluding hydrogens is 308 g/mol. The summed E-state index contributed by atoms with van der Waals surface area (Å²) in [5.41, 5.74) is 4.21. The van der Waals surface area contributed by atoms with Gasteiger partial charge in [-0.1, -0.05) is 18.2 Å². The Morgan fingerprint density at radius 1 is 1.25 bits per heavy atom. The molecule has 0 radical (unpaired) electrons. The summed E-state index contributed by atoms with van der Waals surface area (Å²) in [5, 5.41) is 3.98. The van der Waals surface area contributed by atoms with Gasteiger partial charge in [0.05, 0.1) is 19.2 Å². The highest BCUT2D eigenvalue weighted by atomic mass is 16.7. The molecule has 24 heavy (non-hydrogen) atoms. The molecule has 2 aromatic carbocycles. The number of nitrogens with zero attached hydrogens (tertiary/aromatic N) is 1. The summed E-state index contributed by atoms with van der Waals surface area (Å²) in [6.07, 6.45) is 1.80. The third kappa shape index (κ3) is 4.04. The topological polar surface area (TPSA) is 69.2 Å². The van der Waals surface area contributed by atoms with Gasteiger partial charge < -0.3 is 14.2 Å². The lowest BCUT2D eigenvalue weighted by Gasteiger charge is -2.03. The van der Waals surface area contributed by atoms with E-state index in [1.807, 2.05) is 37.3 Å². The Labute approximate surface area is 140 Å². The van der Waals surface area contributed by atoms with Crippen LogP contribution >= 0.6 is 0 Å². The average Bonchev–Trinajstić information content (AvgIpc) is 3.03. The molecule has 0 aromatic heterocycles. The molecule has 0 fully saturated rings. The van der Waals surface area contributed by atoms with Crippen LogP contribution in [-0.2, 0) is 11.2 Å². The van der Waals surface area contributed by atoms with Crippen molar-refractivity contribution in [1.82, 2.24) is 5.43 Å². The minimum atomic E-state index is -0.203. The summed E-state index contributed by atoms with van der Waals surface area (Å²) in [5.74, 6) is 1.93. The van der Waals surface area contributed by atoms with E-state index in [1.54, 1.807) is 18.3 Å². The average molecular weight is 326 g/mol. The molecule has 124 valence electrons. The summed E-state index contributed by atoms with van der Waals surface area (Å²) >= 11 is 0. The summed E-state index contributed by atoms with van der Waals surface area (Å²) in [6.45, 7) is 2.75. The normalized spacial score (nSPS) is 12.4. The van der Waals surface area contributed by atoms with Crippen molar-refractivity contribution in [2.75, 3.05) is 13.4 Å². The molecule has 1 N–H and O–H groups in total. The molecule has 1 aliphatic rings. The van der Waals surface area contributed by atoms with Gasteiger partial charge in [-0.05, 0) is 42.3 Å². The van der Waals surface area contributed by atoms with Gasteiger partial charge in [-0.25, -0.2) is 5.43 Å². The lowest BCUT2D eigenvalue weighted by Crippen LogP contribution is -2.19. The number of nitrogens with one attached hydrogen (secondary N) is 1. The first kappa shape index (κ1) is 15.9. The number of rotatable bonds is 6. The van der Waals surface area contributed by atoms with Crippen LogP contribution in [0.4, 0.5) is 0 Å². The van der Waals surface area contributed by atoms with Crippen molar-refractivity contribution in [2.45, 2.75) is 13.3 Å². The number of hydrogen-bond donors (Lipinski definition) is 1. The van der Waals surface area contributed by atoms with Gasteiger partial charge in [0.15, 0.2) is 11.5 Å². The van der Waals surface area contributed by atoms with Crippen molar-refractivity contribution < 1.29 is 19.0 Å². The first-order valence-corrected chi connectivity index (χ1v) is 7.68. The fourth-order valence-electron chi connectivity index (χ4n) is 2.31.